The molecular formula is C19H19F3N2O5S. The Morgan fingerprint density at radius 3 is 2.10 bits per heavy atom. The summed E-state index contributed by atoms with van der Waals surface area (Å²) in [5.41, 5.74) is 2.18. The van der Waals surface area contributed by atoms with Crippen LogP contribution in [-0.4, -0.2) is 33.2 Å². The molecule has 0 bridgehead atoms. The summed E-state index contributed by atoms with van der Waals surface area (Å²) in [4.78, 5) is 5.65. The second-order valence-corrected chi connectivity index (χ2v) is 8.90. The summed E-state index contributed by atoms with van der Waals surface area (Å²) in [6.45, 7) is 1.70. The molecule has 30 heavy (non-hydrogen) atoms. The molecule has 1 heterocycles. The number of halogens is 3. The lowest BCUT2D eigenvalue weighted by Crippen LogP contribution is -2.23. The zero-order chi connectivity index (χ0) is 22.2. The molecule has 0 amide bonds. The molecule has 7 nitrogen and oxygen atoms in total. The maximum atomic E-state index is 12.3. The van der Waals surface area contributed by atoms with Crippen molar-refractivity contribution >= 4 is 10.0 Å². The first-order valence-electron chi connectivity index (χ1n) is 8.63. The van der Waals surface area contributed by atoms with Gasteiger partial charge in [-0.2, -0.15) is 0 Å². The van der Waals surface area contributed by atoms with Gasteiger partial charge >= 0.3 is 6.36 Å². The first-order chi connectivity index (χ1) is 13.9. The third kappa shape index (κ3) is 4.86. The zero-order valence-corrected chi connectivity index (χ0v) is 17.0. The topological polar surface area (TPSA) is 77.1 Å². The summed E-state index contributed by atoms with van der Waals surface area (Å²) < 4.78 is 71.7. The highest BCUT2D eigenvalue weighted by atomic mass is 32.2. The fourth-order valence-electron chi connectivity index (χ4n) is 2.66. The Morgan fingerprint density at radius 1 is 1.00 bits per heavy atom. The molecule has 0 radical (unpaired) electrons. The smallest absolute Gasteiger partial charge is 0.439 e. The van der Waals surface area contributed by atoms with E-state index in [9.17, 15) is 21.6 Å². The van der Waals surface area contributed by atoms with Gasteiger partial charge in [0, 0.05) is 20.2 Å². The van der Waals surface area contributed by atoms with Crippen LogP contribution in [0.1, 0.15) is 12.5 Å². The second kappa shape index (κ2) is 7.82. The molecule has 1 unspecified atom stereocenters. The summed E-state index contributed by atoms with van der Waals surface area (Å²) >= 11 is 0. The molecule has 0 saturated carbocycles. The molecule has 0 fully saturated rings. The molecule has 1 N–H and O–H groups in total. The number of rotatable bonds is 6. The number of benzene rings is 2. The Kier molecular flexibility index (Phi) is 5.72. The van der Waals surface area contributed by atoms with Crippen LogP contribution in [0, 0.1) is 0 Å². The number of nitrogens with zero attached hydrogens (tertiary/aromatic N) is 1. The van der Waals surface area contributed by atoms with Gasteiger partial charge in [0.15, 0.2) is 0 Å². The maximum absolute atomic E-state index is 12.3. The molecule has 2 aromatic rings. The van der Waals surface area contributed by atoms with E-state index >= 15 is 0 Å². The quantitative estimate of drug-likeness (QED) is 0.735. The molecule has 0 aliphatic carbocycles. The first-order valence-corrected chi connectivity index (χ1v) is 10.1. The standard InChI is InChI=1S/C19H19F3N2O5S/c1-18(13-4-6-15(7-5-13)28-19(20,21)22)12-17(23-29-18)27-14-8-10-16(11-9-14)30(25,26)24(2)3/h4-12,23H,1-3H3. The van der Waals surface area contributed by atoms with Gasteiger partial charge in [-0.05, 0) is 48.9 Å². The lowest BCUT2D eigenvalue weighted by molar-refractivity contribution is -0.274. The fraction of sp³-hybridized carbons (Fsp3) is 0.263. The van der Waals surface area contributed by atoms with Gasteiger partial charge in [0.2, 0.25) is 15.9 Å². The lowest BCUT2D eigenvalue weighted by atomic mass is 9.96. The third-order valence-corrected chi connectivity index (χ3v) is 6.09. The van der Waals surface area contributed by atoms with Crippen molar-refractivity contribution in [1.82, 2.24) is 9.79 Å². The Morgan fingerprint density at radius 2 is 1.57 bits per heavy atom. The van der Waals surface area contributed by atoms with Crippen LogP contribution in [0.3, 0.4) is 0 Å². The van der Waals surface area contributed by atoms with E-state index in [0.29, 0.717) is 11.3 Å². The van der Waals surface area contributed by atoms with Crippen LogP contribution < -0.4 is 15.0 Å². The average Bonchev–Trinajstić information content (AvgIpc) is 3.03. The molecule has 0 spiro atoms. The third-order valence-electron chi connectivity index (χ3n) is 4.26. The number of hydrogen-bond acceptors (Lipinski definition) is 6. The van der Waals surface area contributed by atoms with E-state index in [-0.39, 0.29) is 16.5 Å². The number of hydroxylamine groups is 1. The van der Waals surface area contributed by atoms with Crippen molar-refractivity contribution in [3.8, 4) is 11.5 Å². The molecule has 11 heteroatoms. The Hall–Kier alpha value is -2.76. The largest absolute Gasteiger partial charge is 0.573 e. The van der Waals surface area contributed by atoms with E-state index in [1.54, 1.807) is 13.0 Å². The molecule has 2 aromatic carbocycles. The zero-order valence-electron chi connectivity index (χ0n) is 16.2. The van der Waals surface area contributed by atoms with Gasteiger partial charge in [-0.3, -0.25) is 4.84 Å². The Balaban J connectivity index is 1.72. The first kappa shape index (κ1) is 21.9. The molecule has 1 aliphatic heterocycles. The van der Waals surface area contributed by atoms with Crippen molar-refractivity contribution in [2.45, 2.75) is 23.8 Å². The molecule has 0 aromatic heterocycles. The van der Waals surface area contributed by atoms with Gasteiger partial charge in [0.05, 0.1) is 4.90 Å². The van der Waals surface area contributed by atoms with E-state index in [4.69, 9.17) is 9.57 Å². The van der Waals surface area contributed by atoms with Crippen LogP contribution >= 0.6 is 0 Å². The highest BCUT2D eigenvalue weighted by Crippen LogP contribution is 2.34. The molecule has 1 aliphatic rings. The van der Waals surface area contributed by atoms with Crippen molar-refractivity contribution in [3.63, 3.8) is 0 Å². The highest BCUT2D eigenvalue weighted by molar-refractivity contribution is 7.89. The molecule has 162 valence electrons. The van der Waals surface area contributed by atoms with Crippen molar-refractivity contribution in [2.75, 3.05) is 14.1 Å². The number of hydrogen-bond donors (Lipinski definition) is 1. The van der Waals surface area contributed by atoms with Gasteiger partial charge in [0.25, 0.3) is 0 Å². The normalized spacial score (nSPS) is 19.4. The van der Waals surface area contributed by atoms with Gasteiger partial charge < -0.3 is 9.47 Å². The monoisotopic (exact) mass is 444 g/mol. The number of nitrogens with one attached hydrogen (secondary N) is 1. The van der Waals surface area contributed by atoms with Crippen molar-refractivity contribution in [2.24, 2.45) is 0 Å². The Bertz CT molecular complexity index is 1040. The predicted octanol–water partition coefficient (Wildman–Crippen LogP) is 3.51. The van der Waals surface area contributed by atoms with Crippen molar-refractivity contribution in [1.29, 1.82) is 0 Å². The van der Waals surface area contributed by atoms with Gasteiger partial charge in [-0.15, -0.1) is 13.2 Å². The van der Waals surface area contributed by atoms with Crippen LogP contribution in [0.15, 0.2) is 65.4 Å². The highest BCUT2D eigenvalue weighted by Gasteiger charge is 2.34. The summed E-state index contributed by atoms with van der Waals surface area (Å²) in [7, 11) is -0.673. The SMILES string of the molecule is CN(C)S(=O)(=O)c1ccc(OC2=CC(C)(c3ccc(OC(F)(F)F)cc3)ON2)cc1. The van der Waals surface area contributed by atoms with Crippen molar-refractivity contribution < 1.29 is 35.9 Å². The maximum Gasteiger partial charge on any atom is 0.573 e. The summed E-state index contributed by atoms with van der Waals surface area (Å²) in [5, 5.41) is 0. The number of ether oxygens (including phenoxy) is 2. The summed E-state index contributed by atoms with van der Waals surface area (Å²) in [6, 6.07) is 11.1. The second-order valence-electron chi connectivity index (χ2n) is 6.75. The summed E-state index contributed by atoms with van der Waals surface area (Å²) in [6.07, 6.45) is -3.16. The van der Waals surface area contributed by atoms with E-state index in [1.165, 1.54) is 62.6 Å². The van der Waals surface area contributed by atoms with Crippen LogP contribution in [-0.2, 0) is 20.5 Å². The van der Waals surface area contributed by atoms with Gasteiger partial charge in [0.1, 0.15) is 17.1 Å². The predicted molar refractivity (Wildman–Crippen MR) is 101 cm³/mol. The number of alkyl halides is 3. The molecule has 1 atom stereocenters. The molecular weight excluding hydrogens is 425 g/mol. The fourth-order valence-corrected chi connectivity index (χ4v) is 3.56. The minimum absolute atomic E-state index is 0.121. The minimum Gasteiger partial charge on any atom is -0.439 e. The average molecular weight is 444 g/mol. The van der Waals surface area contributed by atoms with E-state index in [0.717, 1.165) is 4.31 Å². The Labute approximate surface area is 171 Å². The van der Waals surface area contributed by atoms with E-state index in [1.807, 2.05) is 0 Å². The van der Waals surface area contributed by atoms with E-state index < -0.39 is 22.0 Å². The van der Waals surface area contributed by atoms with Crippen LogP contribution in [0.5, 0.6) is 11.5 Å². The molecule has 3 rings (SSSR count). The number of sulfonamides is 1. The van der Waals surface area contributed by atoms with Gasteiger partial charge in [-0.1, -0.05) is 12.1 Å². The lowest BCUT2D eigenvalue weighted by Gasteiger charge is -2.20. The van der Waals surface area contributed by atoms with Crippen LogP contribution in [0.2, 0.25) is 0 Å². The van der Waals surface area contributed by atoms with Crippen LogP contribution in [0.25, 0.3) is 0 Å². The van der Waals surface area contributed by atoms with E-state index in [2.05, 4.69) is 10.2 Å². The molecule has 0 saturated heterocycles. The minimum atomic E-state index is -4.76. The summed E-state index contributed by atoms with van der Waals surface area (Å²) in [5.74, 6) is 0.276. The van der Waals surface area contributed by atoms with Crippen LogP contribution in [0.4, 0.5) is 13.2 Å². The van der Waals surface area contributed by atoms with Gasteiger partial charge in [-0.25, -0.2) is 18.2 Å². The van der Waals surface area contributed by atoms with Crippen molar-refractivity contribution in [3.05, 3.63) is 66.1 Å².